The molecule has 0 radical (unpaired) electrons. The van der Waals surface area contributed by atoms with Crippen molar-refractivity contribution in [3.63, 3.8) is 0 Å². The highest BCUT2D eigenvalue weighted by Crippen LogP contribution is 2.19. The molecule has 1 heterocycles. The van der Waals surface area contributed by atoms with Crippen LogP contribution >= 0.6 is 11.6 Å². The van der Waals surface area contributed by atoms with E-state index in [4.69, 9.17) is 16.7 Å². The van der Waals surface area contributed by atoms with Crippen LogP contribution in [0.2, 0.25) is 5.02 Å². The zero-order valence-corrected chi connectivity index (χ0v) is 8.84. The van der Waals surface area contributed by atoms with E-state index in [2.05, 4.69) is 20.6 Å². The second-order valence-corrected chi connectivity index (χ2v) is 3.28. The average Bonchev–Trinajstić information content (AvgIpc) is 2.21. The lowest BCUT2D eigenvalue weighted by Crippen LogP contribution is -2.20. The maximum atomic E-state index is 8.85. The van der Waals surface area contributed by atoms with Gasteiger partial charge in [-0.05, 0) is 6.92 Å². The summed E-state index contributed by atoms with van der Waals surface area (Å²) in [6.07, 6.45) is 1.51. The third-order valence-corrected chi connectivity index (χ3v) is 1.90. The fraction of sp³-hybridized carbons (Fsp3) is 0.500. The molecule has 3 N–H and O–H groups in total. The summed E-state index contributed by atoms with van der Waals surface area (Å²) < 4.78 is 0. The summed E-state index contributed by atoms with van der Waals surface area (Å²) in [6, 6.07) is -0.0906. The van der Waals surface area contributed by atoms with Crippen LogP contribution in [0.4, 0.5) is 11.8 Å². The summed E-state index contributed by atoms with van der Waals surface area (Å²) in [6.45, 7) is 1.85. The normalized spacial score (nSPS) is 12.3. The van der Waals surface area contributed by atoms with Gasteiger partial charge in [0.25, 0.3) is 0 Å². The number of aliphatic hydroxyl groups excluding tert-OH is 1. The zero-order valence-electron chi connectivity index (χ0n) is 8.08. The second-order valence-electron chi connectivity index (χ2n) is 2.87. The summed E-state index contributed by atoms with van der Waals surface area (Å²) in [5.74, 6) is 1.01. The molecule has 0 aromatic carbocycles. The van der Waals surface area contributed by atoms with Crippen LogP contribution in [-0.4, -0.2) is 34.8 Å². The molecule has 0 spiro atoms. The molecule has 0 aliphatic carbocycles. The molecule has 1 unspecified atom stereocenters. The van der Waals surface area contributed by atoms with Crippen molar-refractivity contribution in [2.75, 3.05) is 24.3 Å². The molecule has 0 saturated carbocycles. The Labute approximate surface area is 87.5 Å². The number of hydrogen-bond donors (Lipinski definition) is 3. The molecule has 1 atom stereocenters. The van der Waals surface area contributed by atoms with Gasteiger partial charge >= 0.3 is 0 Å². The van der Waals surface area contributed by atoms with E-state index in [1.165, 1.54) is 6.20 Å². The summed E-state index contributed by atoms with van der Waals surface area (Å²) in [7, 11) is 1.72. The van der Waals surface area contributed by atoms with E-state index in [1.807, 2.05) is 6.92 Å². The maximum Gasteiger partial charge on any atom is 0.224 e. The molecule has 1 aromatic heterocycles. The first kappa shape index (κ1) is 11.0. The number of aromatic nitrogens is 2. The van der Waals surface area contributed by atoms with E-state index in [0.717, 1.165) is 0 Å². The molecule has 78 valence electrons. The van der Waals surface area contributed by atoms with Gasteiger partial charge < -0.3 is 15.7 Å². The van der Waals surface area contributed by atoms with Crippen molar-refractivity contribution < 1.29 is 5.11 Å². The van der Waals surface area contributed by atoms with Crippen LogP contribution in [0, 0.1) is 0 Å². The van der Waals surface area contributed by atoms with Gasteiger partial charge in [0.1, 0.15) is 5.02 Å². The third-order valence-electron chi connectivity index (χ3n) is 1.62. The Morgan fingerprint density at radius 1 is 1.64 bits per heavy atom. The molecule has 1 rings (SSSR count). The first-order chi connectivity index (χ1) is 6.67. The van der Waals surface area contributed by atoms with E-state index < -0.39 is 0 Å². The van der Waals surface area contributed by atoms with Crippen molar-refractivity contribution in [1.82, 2.24) is 9.97 Å². The Morgan fingerprint density at radius 3 is 2.93 bits per heavy atom. The van der Waals surface area contributed by atoms with Crippen LogP contribution in [0.15, 0.2) is 6.20 Å². The maximum absolute atomic E-state index is 8.85. The molecule has 6 heteroatoms. The Hall–Kier alpha value is -1.07. The highest BCUT2D eigenvalue weighted by Gasteiger charge is 2.07. The van der Waals surface area contributed by atoms with Gasteiger partial charge in [-0.1, -0.05) is 11.6 Å². The number of rotatable bonds is 4. The van der Waals surface area contributed by atoms with Crippen molar-refractivity contribution in [2.24, 2.45) is 0 Å². The van der Waals surface area contributed by atoms with Crippen LogP contribution in [0.1, 0.15) is 6.92 Å². The Kier molecular flexibility index (Phi) is 3.91. The molecule has 0 saturated heterocycles. The van der Waals surface area contributed by atoms with Gasteiger partial charge in [0.05, 0.1) is 12.8 Å². The molecular formula is C8H13ClN4O. The summed E-state index contributed by atoms with van der Waals surface area (Å²) in [5, 5.41) is 15.0. The lowest BCUT2D eigenvalue weighted by Gasteiger charge is -2.12. The van der Waals surface area contributed by atoms with E-state index in [9.17, 15) is 0 Å². The molecule has 14 heavy (non-hydrogen) atoms. The highest BCUT2D eigenvalue weighted by atomic mass is 35.5. The second kappa shape index (κ2) is 4.97. The number of aliphatic hydroxyl groups is 1. The van der Waals surface area contributed by atoms with Crippen LogP contribution < -0.4 is 10.6 Å². The van der Waals surface area contributed by atoms with E-state index in [0.29, 0.717) is 16.8 Å². The van der Waals surface area contributed by atoms with Crippen LogP contribution in [-0.2, 0) is 0 Å². The topological polar surface area (TPSA) is 70.1 Å². The lowest BCUT2D eigenvalue weighted by molar-refractivity contribution is 0.281. The van der Waals surface area contributed by atoms with Gasteiger partial charge in [-0.25, -0.2) is 4.98 Å². The van der Waals surface area contributed by atoms with E-state index >= 15 is 0 Å². The molecule has 5 nitrogen and oxygen atoms in total. The fourth-order valence-corrected chi connectivity index (χ4v) is 1.01. The van der Waals surface area contributed by atoms with E-state index in [-0.39, 0.29) is 12.6 Å². The Bertz CT molecular complexity index is 307. The molecule has 0 amide bonds. The van der Waals surface area contributed by atoms with Crippen molar-refractivity contribution >= 4 is 23.4 Å². The van der Waals surface area contributed by atoms with Crippen LogP contribution in [0.25, 0.3) is 0 Å². The van der Waals surface area contributed by atoms with Crippen molar-refractivity contribution in [2.45, 2.75) is 13.0 Å². The Morgan fingerprint density at radius 2 is 2.36 bits per heavy atom. The average molecular weight is 217 g/mol. The zero-order chi connectivity index (χ0) is 10.6. The lowest BCUT2D eigenvalue weighted by atomic mass is 10.3. The summed E-state index contributed by atoms with van der Waals surface area (Å²) in [5.41, 5.74) is 0. The third kappa shape index (κ3) is 2.71. The minimum atomic E-state index is -0.0906. The van der Waals surface area contributed by atoms with Crippen molar-refractivity contribution in [3.8, 4) is 0 Å². The fourth-order valence-electron chi connectivity index (χ4n) is 0.868. The monoisotopic (exact) mass is 216 g/mol. The molecule has 0 aliphatic rings. The number of nitrogens with zero attached hydrogens (tertiary/aromatic N) is 2. The van der Waals surface area contributed by atoms with Gasteiger partial charge in [0.15, 0.2) is 5.82 Å². The molecular weight excluding hydrogens is 204 g/mol. The predicted molar refractivity (Wildman–Crippen MR) is 56.8 cm³/mol. The molecule has 0 aliphatic heterocycles. The molecule has 0 bridgehead atoms. The summed E-state index contributed by atoms with van der Waals surface area (Å²) >= 11 is 5.86. The van der Waals surface area contributed by atoms with Gasteiger partial charge in [-0.3, -0.25) is 0 Å². The minimum absolute atomic E-state index is 0.0230. The van der Waals surface area contributed by atoms with Crippen molar-refractivity contribution in [1.29, 1.82) is 0 Å². The number of nitrogens with one attached hydrogen (secondary N) is 2. The van der Waals surface area contributed by atoms with Gasteiger partial charge in [-0.2, -0.15) is 4.98 Å². The quantitative estimate of drug-likeness (QED) is 0.700. The first-order valence-electron chi connectivity index (χ1n) is 4.25. The van der Waals surface area contributed by atoms with Gasteiger partial charge in [0, 0.05) is 13.1 Å². The van der Waals surface area contributed by atoms with Crippen molar-refractivity contribution in [3.05, 3.63) is 11.2 Å². The SMILES string of the molecule is CNc1ncc(Cl)c(NC(C)CO)n1. The highest BCUT2D eigenvalue weighted by molar-refractivity contribution is 6.32. The minimum Gasteiger partial charge on any atom is -0.394 e. The predicted octanol–water partition coefficient (Wildman–Crippen LogP) is 0.964. The van der Waals surface area contributed by atoms with Crippen LogP contribution in [0.5, 0.6) is 0 Å². The number of anilines is 2. The van der Waals surface area contributed by atoms with E-state index in [1.54, 1.807) is 7.05 Å². The number of hydrogen-bond acceptors (Lipinski definition) is 5. The number of halogens is 1. The smallest absolute Gasteiger partial charge is 0.224 e. The van der Waals surface area contributed by atoms with Crippen LogP contribution in [0.3, 0.4) is 0 Å². The standard InChI is InChI=1S/C8H13ClN4O/c1-5(4-14)12-7-6(9)3-11-8(10-2)13-7/h3,5,14H,4H2,1-2H3,(H2,10,11,12,13). The molecule has 0 fully saturated rings. The summed E-state index contributed by atoms with van der Waals surface area (Å²) in [4.78, 5) is 8.04. The van der Waals surface area contributed by atoms with Gasteiger partial charge in [0.2, 0.25) is 5.95 Å². The Balaban J connectivity index is 2.83. The largest absolute Gasteiger partial charge is 0.394 e. The van der Waals surface area contributed by atoms with Gasteiger partial charge in [-0.15, -0.1) is 0 Å². The first-order valence-corrected chi connectivity index (χ1v) is 4.63. The molecule has 1 aromatic rings.